The minimum atomic E-state index is -1.30. The van der Waals surface area contributed by atoms with Gasteiger partial charge in [0.25, 0.3) is 11.8 Å². The molecule has 0 bridgehead atoms. The maximum absolute atomic E-state index is 15.2. The lowest BCUT2D eigenvalue weighted by molar-refractivity contribution is -0.139. The van der Waals surface area contributed by atoms with Crippen LogP contribution in [0.1, 0.15) is 42.3 Å². The predicted octanol–water partition coefficient (Wildman–Crippen LogP) is 7.35. The molecule has 5 aromatic rings. The van der Waals surface area contributed by atoms with Crippen molar-refractivity contribution in [1.29, 1.82) is 0 Å². The summed E-state index contributed by atoms with van der Waals surface area (Å²) in [5, 5.41) is 20.9. The third-order valence-electron chi connectivity index (χ3n) is 6.66. The van der Waals surface area contributed by atoms with Crippen molar-refractivity contribution in [3.8, 4) is 33.3 Å². The van der Waals surface area contributed by atoms with Crippen LogP contribution in [0.15, 0.2) is 82.7 Å². The van der Waals surface area contributed by atoms with Gasteiger partial charge < -0.3 is 19.7 Å². The Bertz CT molecular complexity index is 1890. The highest BCUT2D eigenvalue weighted by molar-refractivity contribution is 7.13. The summed E-state index contributed by atoms with van der Waals surface area (Å²) in [6.45, 7) is 7.28. The van der Waals surface area contributed by atoms with Gasteiger partial charge >= 0.3 is 12.1 Å². The number of benzene rings is 3. The number of anilines is 1. The fraction of sp³-hybridized carbons (Fsp3) is 0.206. The van der Waals surface area contributed by atoms with Crippen LogP contribution in [0.4, 0.5) is 14.9 Å². The molecule has 12 heteroatoms. The summed E-state index contributed by atoms with van der Waals surface area (Å²) in [5.74, 6) is -2.35. The Morgan fingerprint density at radius 2 is 1.78 bits per heavy atom. The largest absolute Gasteiger partial charge is 0.480 e. The van der Waals surface area contributed by atoms with Gasteiger partial charge in [0.05, 0.1) is 5.56 Å². The molecule has 0 saturated heterocycles. The van der Waals surface area contributed by atoms with Gasteiger partial charge in [0.2, 0.25) is 5.82 Å². The Hall–Kier alpha value is -5.36. The third-order valence-corrected chi connectivity index (χ3v) is 7.76. The Balaban J connectivity index is 1.24. The van der Waals surface area contributed by atoms with Gasteiger partial charge in [-0.1, -0.05) is 23.4 Å². The molecule has 236 valence electrons. The predicted molar refractivity (Wildman–Crippen MR) is 172 cm³/mol. The molecule has 0 spiro atoms. The normalized spacial score (nSPS) is 11.9. The van der Waals surface area contributed by atoms with Crippen molar-refractivity contribution in [3.05, 3.63) is 101 Å². The van der Waals surface area contributed by atoms with E-state index in [9.17, 15) is 19.5 Å². The maximum atomic E-state index is 15.2. The zero-order chi connectivity index (χ0) is 33.0. The number of halogens is 1. The van der Waals surface area contributed by atoms with Crippen LogP contribution in [0.5, 0.6) is 0 Å². The summed E-state index contributed by atoms with van der Waals surface area (Å²) in [6.07, 6.45) is -0.741. The lowest BCUT2D eigenvalue weighted by atomic mass is 10.0. The van der Waals surface area contributed by atoms with Crippen LogP contribution in [0.3, 0.4) is 0 Å². The molecule has 0 aliphatic heterocycles. The van der Waals surface area contributed by atoms with Crippen molar-refractivity contribution < 1.29 is 33.1 Å². The number of hydrogen-bond donors (Lipinski definition) is 3. The molecular weight excluding hydrogens is 611 g/mol. The highest BCUT2D eigenvalue weighted by Crippen LogP contribution is 2.28. The van der Waals surface area contributed by atoms with Gasteiger partial charge in [-0.3, -0.25) is 10.1 Å². The third kappa shape index (κ3) is 8.02. The van der Waals surface area contributed by atoms with Gasteiger partial charge in [-0.2, -0.15) is 4.98 Å². The average molecular weight is 643 g/mol. The fourth-order valence-corrected chi connectivity index (χ4v) is 5.41. The number of amides is 2. The topological polar surface area (TPSA) is 144 Å². The molecule has 1 atom stereocenters. The van der Waals surface area contributed by atoms with Gasteiger partial charge in [-0.05, 0) is 104 Å². The van der Waals surface area contributed by atoms with Crippen molar-refractivity contribution in [2.75, 3.05) is 5.32 Å². The minimum absolute atomic E-state index is 0.00101. The van der Waals surface area contributed by atoms with E-state index in [2.05, 4.69) is 20.8 Å². The molecule has 10 nitrogen and oxygen atoms in total. The van der Waals surface area contributed by atoms with E-state index in [0.29, 0.717) is 22.4 Å². The molecule has 0 aliphatic carbocycles. The summed E-state index contributed by atoms with van der Waals surface area (Å²) < 4.78 is 25.8. The first-order valence-corrected chi connectivity index (χ1v) is 15.1. The van der Waals surface area contributed by atoms with Gasteiger partial charge in [0.1, 0.15) is 17.5 Å². The van der Waals surface area contributed by atoms with E-state index >= 15 is 4.39 Å². The second-order valence-corrected chi connectivity index (χ2v) is 12.5. The Morgan fingerprint density at radius 1 is 1.02 bits per heavy atom. The molecule has 2 aromatic heterocycles. The molecule has 0 saturated carbocycles. The van der Waals surface area contributed by atoms with Crippen LogP contribution in [0.2, 0.25) is 0 Å². The van der Waals surface area contributed by atoms with E-state index in [-0.39, 0.29) is 23.7 Å². The molecule has 1 unspecified atom stereocenters. The second-order valence-electron chi connectivity index (χ2n) is 11.6. The highest BCUT2D eigenvalue weighted by atomic mass is 32.1. The number of carboxylic acid groups (broad SMARTS) is 1. The van der Waals surface area contributed by atoms with E-state index in [1.165, 1.54) is 12.1 Å². The number of aryl methyl sites for hydroxylation is 1. The first kappa shape index (κ1) is 32.0. The number of aromatic nitrogens is 2. The maximum Gasteiger partial charge on any atom is 0.412 e. The molecule has 3 N–H and O–H groups in total. The smallest absolute Gasteiger partial charge is 0.412 e. The summed E-state index contributed by atoms with van der Waals surface area (Å²) in [7, 11) is 0. The molecule has 3 aromatic carbocycles. The van der Waals surface area contributed by atoms with E-state index in [1.807, 2.05) is 24.4 Å². The summed E-state index contributed by atoms with van der Waals surface area (Å²) in [5.41, 5.74) is 3.10. The number of aliphatic carboxylic acids is 1. The zero-order valence-corrected chi connectivity index (χ0v) is 26.3. The Morgan fingerprint density at radius 3 is 2.43 bits per heavy atom. The van der Waals surface area contributed by atoms with E-state index in [1.54, 1.807) is 80.6 Å². The van der Waals surface area contributed by atoms with Crippen molar-refractivity contribution in [2.45, 2.75) is 45.8 Å². The lowest BCUT2D eigenvalue weighted by Gasteiger charge is -2.19. The number of nitrogens with one attached hydrogen (secondary N) is 2. The van der Waals surface area contributed by atoms with Gasteiger partial charge in [-0.25, -0.2) is 14.0 Å². The van der Waals surface area contributed by atoms with Gasteiger partial charge in [0.15, 0.2) is 0 Å². The van der Waals surface area contributed by atoms with Crippen LogP contribution >= 0.6 is 11.3 Å². The molecule has 0 fully saturated rings. The van der Waals surface area contributed by atoms with Gasteiger partial charge in [-0.15, -0.1) is 11.3 Å². The lowest BCUT2D eigenvalue weighted by Crippen LogP contribution is -2.42. The van der Waals surface area contributed by atoms with E-state index in [4.69, 9.17) is 9.26 Å². The van der Waals surface area contributed by atoms with E-state index in [0.717, 1.165) is 16.0 Å². The molecular formula is C34H31FN4O6S. The number of carbonyl (C=O) groups is 3. The number of hydrogen-bond acceptors (Lipinski definition) is 8. The standard InChI is InChI=1S/C34H31FN4O6S/c1-19-14-28(46-18-19)22-6-5-7-23(17-22)30(40)37-27(32(41)42)16-20-8-13-25(26(35)15-20)29-38-31(45-39-29)21-9-11-24(12-10-21)36-33(43)44-34(2,3)4/h5-15,17-18,27H,16H2,1-4H3,(H,36,43)(H,37,40)(H,41,42). The van der Waals surface area contributed by atoms with Crippen molar-refractivity contribution >= 4 is 35.0 Å². The molecule has 0 aliphatic rings. The van der Waals surface area contributed by atoms with Crippen LogP contribution in [0.25, 0.3) is 33.3 Å². The number of carboxylic acids is 1. The quantitative estimate of drug-likeness (QED) is 0.151. The molecule has 2 amide bonds. The van der Waals surface area contributed by atoms with Crippen LogP contribution in [-0.4, -0.2) is 44.9 Å². The van der Waals surface area contributed by atoms with Crippen molar-refractivity contribution in [3.63, 3.8) is 0 Å². The molecule has 46 heavy (non-hydrogen) atoms. The number of ether oxygens (including phenoxy) is 1. The van der Waals surface area contributed by atoms with E-state index < -0.39 is 35.4 Å². The zero-order valence-electron chi connectivity index (χ0n) is 25.5. The molecule has 0 radical (unpaired) electrons. The van der Waals surface area contributed by atoms with Crippen LogP contribution in [-0.2, 0) is 16.0 Å². The average Bonchev–Trinajstić information content (AvgIpc) is 3.66. The monoisotopic (exact) mass is 642 g/mol. The number of rotatable bonds is 9. The number of nitrogens with zero attached hydrogens (tertiary/aromatic N) is 2. The summed E-state index contributed by atoms with van der Waals surface area (Å²) >= 11 is 1.56. The van der Waals surface area contributed by atoms with Crippen molar-refractivity contribution in [2.24, 2.45) is 0 Å². The highest BCUT2D eigenvalue weighted by Gasteiger charge is 2.23. The summed E-state index contributed by atoms with van der Waals surface area (Å²) in [6, 6.07) is 18.4. The number of carbonyl (C=O) groups excluding carboxylic acids is 2. The Kier molecular flexibility index (Phi) is 9.28. The molecule has 2 heterocycles. The minimum Gasteiger partial charge on any atom is -0.480 e. The van der Waals surface area contributed by atoms with Crippen molar-refractivity contribution in [1.82, 2.24) is 15.5 Å². The second kappa shape index (κ2) is 13.3. The first-order valence-electron chi connectivity index (χ1n) is 14.3. The SMILES string of the molecule is Cc1csc(-c2cccc(C(=O)NC(Cc3ccc(-c4noc(-c5ccc(NC(=O)OC(C)(C)C)cc5)n4)c(F)c3)C(=O)O)c2)c1. The Labute approximate surface area is 268 Å². The summed E-state index contributed by atoms with van der Waals surface area (Å²) in [4.78, 5) is 42.3. The fourth-order valence-electron chi connectivity index (χ4n) is 4.51. The van der Waals surface area contributed by atoms with Crippen LogP contribution < -0.4 is 10.6 Å². The van der Waals surface area contributed by atoms with Gasteiger partial charge in [0, 0.05) is 28.1 Å². The number of thiophene rings is 1. The molecule has 5 rings (SSSR count). The first-order chi connectivity index (χ1) is 21.8. The van der Waals surface area contributed by atoms with Crippen LogP contribution in [0, 0.1) is 12.7 Å².